The van der Waals surface area contributed by atoms with E-state index < -0.39 is 0 Å². The fraction of sp³-hybridized carbons (Fsp3) is 0.176. The highest BCUT2D eigenvalue weighted by Gasteiger charge is 2.05. The average Bonchev–Trinajstić information content (AvgIpc) is 2.88. The van der Waals surface area contributed by atoms with Crippen molar-refractivity contribution < 1.29 is 9.47 Å². The standard InChI is InChI=1S/C17H16O2S/c1-12-3-8-17-16(9-12)13(11-20-17)10-19-15-6-4-14(18-2)5-7-15/h3-9,11H,10H2,1-2H3. The van der Waals surface area contributed by atoms with Crippen LogP contribution in [0.4, 0.5) is 0 Å². The number of benzene rings is 2. The maximum atomic E-state index is 5.85. The van der Waals surface area contributed by atoms with Gasteiger partial charge in [-0.1, -0.05) is 17.7 Å². The van der Waals surface area contributed by atoms with Gasteiger partial charge in [0, 0.05) is 10.3 Å². The molecule has 0 fully saturated rings. The van der Waals surface area contributed by atoms with Gasteiger partial charge in [-0.15, -0.1) is 11.3 Å². The lowest BCUT2D eigenvalue weighted by Crippen LogP contribution is -1.94. The quantitative estimate of drug-likeness (QED) is 0.685. The maximum absolute atomic E-state index is 5.85. The highest BCUT2D eigenvalue weighted by molar-refractivity contribution is 7.17. The molecule has 0 saturated heterocycles. The zero-order chi connectivity index (χ0) is 13.9. The van der Waals surface area contributed by atoms with Crippen molar-refractivity contribution in [3.8, 4) is 11.5 Å². The van der Waals surface area contributed by atoms with Crippen molar-refractivity contribution in [1.29, 1.82) is 0 Å². The minimum absolute atomic E-state index is 0.593. The third kappa shape index (κ3) is 2.63. The van der Waals surface area contributed by atoms with E-state index >= 15 is 0 Å². The molecule has 0 amide bonds. The van der Waals surface area contributed by atoms with Gasteiger partial charge in [-0.05, 0) is 48.0 Å². The number of hydrogen-bond acceptors (Lipinski definition) is 3. The van der Waals surface area contributed by atoms with Crippen LogP contribution in [0.5, 0.6) is 11.5 Å². The monoisotopic (exact) mass is 284 g/mol. The predicted molar refractivity (Wildman–Crippen MR) is 83.9 cm³/mol. The van der Waals surface area contributed by atoms with Gasteiger partial charge in [0.25, 0.3) is 0 Å². The van der Waals surface area contributed by atoms with Gasteiger partial charge in [-0.3, -0.25) is 0 Å². The Hall–Kier alpha value is -2.00. The van der Waals surface area contributed by atoms with Crippen LogP contribution >= 0.6 is 11.3 Å². The molecule has 0 spiro atoms. The summed E-state index contributed by atoms with van der Waals surface area (Å²) in [6.45, 7) is 2.71. The van der Waals surface area contributed by atoms with E-state index in [9.17, 15) is 0 Å². The molecule has 1 aromatic heterocycles. The van der Waals surface area contributed by atoms with E-state index in [1.54, 1.807) is 18.4 Å². The van der Waals surface area contributed by atoms with Crippen molar-refractivity contribution in [3.05, 3.63) is 59.0 Å². The van der Waals surface area contributed by atoms with E-state index in [1.165, 1.54) is 21.2 Å². The fourth-order valence-corrected chi connectivity index (χ4v) is 3.07. The summed E-state index contributed by atoms with van der Waals surface area (Å²) in [6.07, 6.45) is 0. The van der Waals surface area contributed by atoms with Gasteiger partial charge >= 0.3 is 0 Å². The Labute approximate surface area is 122 Å². The SMILES string of the molecule is COc1ccc(OCc2csc3ccc(C)cc23)cc1. The minimum Gasteiger partial charge on any atom is -0.497 e. The zero-order valence-electron chi connectivity index (χ0n) is 11.6. The Morgan fingerprint density at radius 3 is 2.50 bits per heavy atom. The Kier molecular flexibility index (Phi) is 3.61. The molecule has 0 radical (unpaired) electrons. The molecule has 0 aliphatic rings. The molecule has 102 valence electrons. The Morgan fingerprint density at radius 2 is 1.75 bits per heavy atom. The number of ether oxygens (including phenoxy) is 2. The first-order valence-electron chi connectivity index (χ1n) is 6.50. The molecule has 2 aromatic carbocycles. The van der Waals surface area contributed by atoms with Crippen molar-refractivity contribution >= 4 is 21.4 Å². The lowest BCUT2D eigenvalue weighted by atomic mass is 10.1. The topological polar surface area (TPSA) is 18.5 Å². The van der Waals surface area contributed by atoms with Crippen molar-refractivity contribution in [3.63, 3.8) is 0 Å². The molecule has 0 N–H and O–H groups in total. The molecule has 0 atom stereocenters. The van der Waals surface area contributed by atoms with E-state index in [2.05, 4.69) is 30.5 Å². The average molecular weight is 284 g/mol. The van der Waals surface area contributed by atoms with Crippen molar-refractivity contribution in [2.75, 3.05) is 7.11 Å². The van der Waals surface area contributed by atoms with E-state index in [1.807, 2.05) is 24.3 Å². The normalized spacial score (nSPS) is 10.7. The Bertz CT molecular complexity index is 713. The van der Waals surface area contributed by atoms with E-state index in [-0.39, 0.29) is 0 Å². The molecule has 20 heavy (non-hydrogen) atoms. The highest BCUT2D eigenvalue weighted by atomic mass is 32.1. The van der Waals surface area contributed by atoms with Gasteiger partial charge in [0.2, 0.25) is 0 Å². The maximum Gasteiger partial charge on any atom is 0.120 e. The van der Waals surface area contributed by atoms with Crippen LogP contribution in [-0.4, -0.2) is 7.11 Å². The van der Waals surface area contributed by atoms with Gasteiger partial charge in [0.15, 0.2) is 0 Å². The largest absolute Gasteiger partial charge is 0.497 e. The smallest absolute Gasteiger partial charge is 0.120 e. The summed E-state index contributed by atoms with van der Waals surface area (Å²) in [4.78, 5) is 0. The van der Waals surface area contributed by atoms with Crippen molar-refractivity contribution in [2.45, 2.75) is 13.5 Å². The van der Waals surface area contributed by atoms with Crippen LogP contribution < -0.4 is 9.47 Å². The summed E-state index contributed by atoms with van der Waals surface area (Å²) >= 11 is 1.76. The zero-order valence-corrected chi connectivity index (χ0v) is 12.4. The molecular weight excluding hydrogens is 268 g/mol. The minimum atomic E-state index is 0.593. The van der Waals surface area contributed by atoms with Crippen LogP contribution in [0.1, 0.15) is 11.1 Å². The highest BCUT2D eigenvalue weighted by Crippen LogP contribution is 2.28. The molecule has 0 aliphatic heterocycles. The Morgan fingerprint density at radius 1 is 1.00 bits per heavy atom. The van der Waals surface area contributed by atoms with Crippen LogP contribution in [0.25, 0.3) is 10.1 Å². The third-order valence-corrected chi connectivity index (χ3v) is 4.28. The second-order valence-electron chi connectivity index (χ2n) is 4.72. The van der Waals surface area contributed by atoms with Gasteiger partial charge in [-0.2, -0.15) is 0 Å². The molecule has 0 bridgehead atoms. The number of methoxy groups -OCH3 is 1. The predicted octanol–water partition coefficient (Wildman–Crippen LogP) is 4.80. The lowest BCUT2D eigenvalue weighted by molar-refractivity contribution is 0.307. The molecule has 1 heterocycles. The molecule has 2 nitrogen and oxygen atoms in total. The molecule has 0 aliphatic carbocycles. The Balaban J connectivity index is 1.77. The lowest BCUT2D eigenvalue weighted by Gasteiger charge is -2.06. The van der Waals surface area contributed by atoms with E-state index in [0.717, 1.165) is 11.5 Å². The fourth-order valence-electron chi connectivity index (χ4n) is 2.14. The van der Waals surface area contributed by atoms with Crippen LogP contribution in [-0.2, 0) is 6.61 Å². The summed E-state index contributed by atoms with van der Waals surface area (Å²) < 4.78 is 12.3. The molecule has 0 unspecified atom stereocenters. The van der Waals surface area contributed by atoms with Gasteiger partial charge < -0.3 is 9.47 Å². The van der Waals surface area contributed by atoms with Crippen LogP contribution in [0, 0.1) is 6.92 Å². The van der Waals surface area contributed by atoms with E-state index in [4.69, 9.17) is 9.47 Å². The van der Waals surface area contributed by atoms with Crippen LogP contribution in [0.2, 0.25) is 0 Å². The van der Waals surface area contributed by atoms with E-state index in [0.29, 0.717) is 6.61 Å². The second kappa shape index (κ2) is 5.55. The number of rotatable bonds is 4. The summed E-state index contributed by atoms with van der Waals surface area (Å²) in [5.74, 6) is 1.70. The summed E-state index contributed by atoms with van der Waals surface area (Å²) in [5.41, 5.74) is 2.52. The summed E-state index contributed by atoms with van der Waals surface area (Å²) in [7, 11) is 1.66. The number of thiophene rings is 1. The van der Waals surface area contributed by atoms with Gasteiger partial charge in [-0.25, -0.2) is 0 Å². The summed E-state index contributed by atoms with van der Waals surface area (Å²) in [6, 6.07) is 14.2. The molecule has 0 saturated carbocycles. The number of fused-ring (bicyclic) bond motifs is 1. The molecular formula is C17H16O2S. The van der Waals surface area contributed by atoms with Crippen molar-refractivity contribution in [2.24, 2.45) is 0 Å². The first-order chi connectivity index (χ1) is 9.76. The number of aryl methyl sites for hydroxylation is 1. The van der Waals surface area contributed by atoms with Crippen LogP contribution in [0.15, 0.2) is 47.8 Å². The second-order valence-corrected chi connectivity index (χ2v) is 5.64. The first kappa shape index (κ1) is 13.0. The van der Waals surface area contributed by atoms with Crippen molar-refractivity contribution in [1.82, 2.24) is 0 Å². The molecule has 3 aromatic rings. The molecule has 3 rings (SSSR count). The van der Waals surface area contributed by atoms with Gasteiger partial charge in [0.1, 0.15) is 18.1 Å². The molecule has 3 heteroatoms. The number of hydrogen-bond donors (Lipinski definition) is 0. The third-order valence-electron chi connectivity index (χ3n) is 3.26. The van der Waals surface area contributed by atoms with Gasteiger partial charge in [0.05, 0.1) is 7.11 Å². The van der Waals surface area contributed by atoms with Crippen LogP contribution in [0.3, 0.4) is 0 Å². The summed E-state index contributed by atoms with van der Waals surface area (Å²) in [5, 5.41) is 3.47. The first-order valence-corrected chi connectivity index (χ1v) is 7.38.